The summed E-state index contributed by atoms with van der Waals surface area (Å²) in [6, 6.07) is 0. The van der Waals surface area contributed by atoms with Crippen molar-refractivity contribution >= 4 is 0 Å². The van der Waals surface area contributed by atoms with Gasteiger partial charge >= 0.3 is 0 Å². The van der Waals surface area contributed by atoms with Crippen molar-refractivity contribution in [1.29, 1.82) is 0 Å². The maximum Gasteiger partial charge on any atom is 0.181 e. The predicted molar refractivity (Wildman–Crippen MR) is 70.1 cm³/mol. The Bertz CT molecular complexity index is 403. The highest BCUT2D eigenvalue weighted by Gasteiger charge is 2.49. The number of hydrogen-bond donors (Lipinski definition) is 0. The lowest BCUT2D eigenvalue weighted by Gasteiger charge is -2.26. The van der Waals surface area contributed by atoms with Gasteiger partial charge in [0, 0.05) is 5.92 Å². The summed E-state index contributed by atoms with van der Waals surface area (Å²) in [5, 5.41) is 0. The van der Waals surface area contributed by atoms with Crippen LogP contribution in [0.4, 0.5) is 0 Å². The number of allylic oxidation sites excluding steroid dienone is 3. The third-order valence-corrected chi connectivity index (χ3v) is 5.16. The van der Waals surface area contributed by atoms with E-state index >= 15 is 0 Å². The van der Waals surface area contributed by atoms with E-state index in [1.54, 1.807) is 0 Å². The lowest BCUT2D eigenvalue weighted by atomic mass is 9.87. The van der Waals surface area contributed by atoms with Gasteiger partial charge in [0.05, 0.1) is 12.2 Å². The first-order valence-electron chi connectivity index (χ1n) is 7.55. The zero-order valence-corrected chi connectivity index (χ0v) is 11.1. The summed E-state index contributed by atoms with van der Waals surface area (Å²) in [7, 11) is 0. The van der Waals surface area contributed by atoms with Crippen molar-refractivity contribution in [2.24, 2.45) is 11.8 Å². The van der Waals surface area contributed by atoms with E-state index in [1.807, 2.05) is 0 Å². The van der Waals surface area contributed by atoms with Crippen LogP contribution in [-0.4, -0.2) is 18.5 Å². The molecule has 0 aromatic rings. The van der Waals surface area contributed by atoms with E-state index in [1.165, 1.54) is 49.7 Å². The van der Waals surface area contributed by atoms with Crippen molar-refractivity contribution in [3.8, 4) is 0 Å². The molecule has 1 saturated carbocycles. The SMILES string of the molecule is CC1OC(OC2CCCCC2)C2=C3C=CC(C3)C21. The molecule has 2 nitrogen and oxygen atoms in total. The van der Waals surface area contributed by atoms with Crippen LogP contribution >= 0.6 is 0 Å². The van der Waals surface area contributed by atoms with E-state index in [0.29, 0.717) is 24.0 Å². The molecule has 4 unspecified atom stereocenters. The maximum atomic E-state index is 6.28. The van der Waals surface area contributed by atoms with E-state index < -0.39 is 0 Å². The monoisotopic (exact) mass is 246 g/mol. The molecule has 4 atom stereocenters. The topological polar surface area (TPSA) is 18.5 Å². The van der Waals surface area contributed by atoms with Crippen molar-refractivity contribution < 1.29 is 9.47 Å². The Balaban J connectivity index is 1.53. The molecule has 3 aliphatic carbocycles. The molecule has 0 aromatic carbocycles. The summed E-state index contributed by atoms with van der Waals surface area (Å²) in [5.41, 5.74) is 3.00. The number of fused-ring (bicyclic) bond motifs is 4. The zero-order chi connectivity index (χ0) is 12.1. The van der Waals surface area contributed by atoms with Crippen LogP contribution < -0.4 is 0 Å². The van der Waals surface area contributed by atoms with E-state index in [9.17, 15) is 0 Å². The molecule has 0 aromatic heterocycles. The molecule has 1 saturated heterocycles. The standard InChI is InChI=1S/C16H22O2/c1-10-14-11-7-8-12(9-11)15(14)16(17-10)18-13-5-3-2-4-6-13/h7-8,10-11,13-14,16H,2-6,9H2,1H3. The predicted octanol–water partition coefficient (Wildman–Crippen LogP) is 3.58. The van der Waals surface area contributed by atoms with Crippen LogP contribution in [0.3, 0.4) is 0 Å². The van der Waals surface area contributed by atoms with Crippen LogP contribution in [0.25, 0.3) is 0 Å². The van der Waals surface area contributed by atoms with Crippen molar-refractivity contribution in [3.63, 3.8) is 0 Å². The second-order valence-corrected chi connectivity index (χ2v) is 6.30. The quantitative estimate of drug-likeness (QED) is 0.741. The number of rotatable bonds is 2. The van der Waals surface area contributed by atoms with E-state index in [2.05, 4.69) is 19.1 Å². The van der Waals surface area contributed by atoms with E-state index in [-0.39, 0.29) is 6.29 Å². The highest BCUT2D eigenvalue weighted by molar-refractivity contribution is 5.44. The third kappa shape index (κ3) is 1.62. The molecular weight excluding hydrogens is 224 g/mol. The molecule has 0 amide bonds. The van der Waals surface area contributed by atoms with Crippen molar-refractivity contribution in [2.75, 3.05) is 0 Å². The molecule has 2 fully saturated rings. The third-order valence-electron chi connectivity index (χ3n) is 5.16. The Hall–Kier alpha value is -0.600. The Labute approximate surface area is 109 Å². The zero-order valence-electron chi connectivity index (χ0n) is 11.1. The van der Waals surface area contributed by atoms with Gasteiger partial charge in [0.1, 0.15) is 0 Å². The molecule has 98 valence electrons. The smallest absolute Gasteiger partial charge is 0.181 e. The van der Waals surface area contributed by atoms with Gasteiger partial charge in [-0.15, -0.1) is 0 Å². The molecule has 4 aliphatic rings. The van der Waals surface area contributed by atoms with Crippen LogP contribution in [0.15, 0.2) is 23.3 Å². The molecular formula is C16H22O2. The Morgan fingerprint density at radius 2 is 2.06 bits per heavy atom. The Kier molecular flexibility index (Phi) is 2.63. The lowest BCUT2D eigenvalue weighted by Crippen LogP contribution is -2.25. The van der Waals surface area contributed by atoms with Crippen LogP contribution in [0.1, 0.15) is 45.4 Å². The van der Waals surface area contributed by atoms with Gasteiger partial charge in [0.25, 0.3) is 0 Å². The van der Waals surface area contributed by atoms with Crippen molar-refractivity contribution in [2.45, 2.75) is 63.9 Å². The van der Waals surface area contributed by atoms with Gasteiger partial charge in [-0.1, -0.05) is 31.4 Å². The molecule has 0 radical (unpaired) electrons. The first-order valence-corrected chi connectivity index (χ1v) is 7.55. The molecule has 0 N–H and O–H groups in total. The van der Waals surface area contributed by atoms with E-state index in [4.69, 9.17) is 9.47 Å². The maximum absolute atomic E-state index is 6.28. The van der Waals surface area contributed by atoms with Crippen LogP contribution in [-0.2, 0) is 9.47 Å². The summed E-state index contributed by atoms with van der Waals surface area (Å²) >= 11 is 0. The second kappa shape index (κ2) is 4.21. The minimum Gasteiger partial charge on any atom is -0.345 e. The number of hydrogen-bond acceptors (Lipinski definition) is 2. The lowest BCUT2D eigenvalue weighted by molar-refractivity contribution is -0.153. The summed E-state index contributed by atoms with van der Waals surface area (Å²) in [5.74, 6) is 1.31. The minimum absolute atomic E-state index is 0.0296. The van der Waals surface area contributed by atoms with Gasteiger partial charge in [-0.2, -0.15) is 0 Å². The fraction of sp³-hybridized carbons (Fsp3) is 0.750. The molecule has 2 bridgehead atoms. The Morgan fingerprint density at radius 3 is 2.89 bits per heavy atom. The van der Waals surface area contributed by atoms with Gasteiger partial charge in [-0.05, 0) is 43.3 Å². The first kappa shape index (κ1) is 11.2. The van der Waals surface area contributed by atoms with E-state index in [0.717, 1.165) is 0 Å². The fourth-order valence-corrected chi connectivity index (χ4v) is 4.28. The summed E-state index contributed by atoms with van der Waals surface area (Å²) in [6.45, 7) is 2.21. The molecule has 1 aliphatic heterocycles. The van der Waals surface area contributed by atoms with Gasteiger partial charge in [-0.3, -0.25) is 0 Å². The largest absolute Gasteiger partial charge is 0.345 e. The average Bonchev–Trinajstić information content (AvgIpc) is 3.05. The Morgan fingerprint density at radius 1 is 1.22 bits per heavy atom. The summed E-state index contributed by atoms with van der Waals surface area (Å²) < 4.78 is 12.4. The fourth-order valence-electron chi connectivity index (χ4n) is 4.28. The molecule has 18 heavy (non-hydrogen) atoms. The number of ether oxygens (including phenoxy) is 2. The summed E-state index contributed by atoms with van der Waals surface area (Å²) in [6.07, 6.45) is 13.1. The molecule has 1 heterocycles. The van der Waals surface area contributed by atoms with Crippen LogP contribution in [0.2, 0.25) is 0 Å². The first-order chi connectivity index (χ1) is 8.83. The van der Waals surface area contributed by atoms with Crippen LogP contribution in [0, 0.1) is 11.8 Å². The van der Waals surface area contributed by atoms with Crippen LogP contribution in [0.5, 0.6) is 0 Å². The normalized spacial score (nSPS) is 42.9. The second-order valence-electron chi connectivity index (χ2n) is 6.30. The van der Waals surface area contributed by atoms with Gasteiger partial charge in [0.15, 0.2) is 6.29 Å². The van der Waals surface area contributed by atoms with Gasteiger partial charge in [-0.25, -0.2) is 0 Å². The average molecular weight is 246 g/mol. The summed E-state index contributed by atoms with van der Waals surface area (Å²) in [4.78, 5) is 0. The van der Waals surface area contributed by atoms with Gasteiger partial charge in [0.2, 0.25) is 0 Å². The minimum atomic E-state index is -0.0296. The molecule has 0 spiro atoms. The van der Waals surface area contributed by atoms with Crippen molar-refractivity contribution in [3.05, 3.63) is 23.3 Å². The highest BCUT2D eigenvalue weighted by Crippen LogP contribution is 2.52. The highest BCUT2D eigenvalue weighted by atomic mass is 16.7. The van der Waals surface area contributed by atoms with Crippen molar-refractivity contribution in [1.82, 2.24) is 0 Å². The molecule has 4 rings (SSSR count). The molecule has 2 heteroatoms. The van der Waals surface area contributed by atoms with Gasteiger partial charge < -0.3 is 9.47 Å².